The van der Waals surface area contributed by atoms with Crippen molar-refractivity contribution in [2.45, 2.75) is 170 Å². The Bertz CT molecular complexity index is 5480. The average molecular weight is 1740 g/mol. The van der Waals surface area contributed by atoms with Crippen molar-refractivity contribution >= 4 is 149 Å². The monoisotopic (exact) mass is 1740 g/mol. The van der Waals surface area contributed by atoms with Crippen LogP contribution in [0.5, 0.6) is 17.2 Å². The molecule has 0 fully saturated rings. The minimum absolute atomic E-state index is 0.0313. The van der Waals surface area contributed by atoms with E-state index in [1.807, 2.05) is 93.4 Å². The number of amides is 2. The fraction of sp³-hybridized carbons (Fsp3) is 0.421. The number of anilines is 3. The number of halogens is 4. The Kier molecular flexibility index (Phi) is 30.0. The summed E-state index contributed by atoms with van der Waals surface area (Å²) in [5.74, 6) is 0.0891. The molecule has 3 aromatic carbocycles. The largest absolute Gasteiger partial charge is 0.506 e. The standard InChI is InChI=1S/C28H37N7O5.C18H21N7O.C14H18BNO5.C14H21IN6O2.C2HF3O2/c1-27(2,3)39-25(36)30-13-8-9-14-34-24-20(23(29)31-16-32-24)21(33-34)18-15-17-11-10-12-19(38-7)22(17)35(18)26(37)40-28(4,5)6;1-26-13-6-4-5-11-9-12(23-15(11)13)16-14-17(20)21-10-22-18(14)25(24-16)8-3-2-7-19;1-14(2,3)21-13(17)16-11(15(18)19)8-9-6-5-7-10(20-4)12(9)16;1-14(2,3)23-13(22)17-6-4-5-7-21-12-9(10(15)20-21)11(16)18-8-19-12;3-2(4,5)1(6)7/h10-12,15-16H,8-9,13-14H2,1-7H3,(H,30,36)(H2,29,31,32);4-6,9-10,23H,2-3,7-8,19H2,1H3,(H2,20,21,22);5-8,18-19H,1-4H3;8H,4-7H2,1-3H3,(H,17,22)(H2,16,18,19);(H,6,7). The number of fused-ring (bicyclic) bond motifs is 6. The van der Waals surface area contributed by atoms with Gasteiger partial charge in [0.1, 0.15) is 102 Å². The zero-order valence-corrected chi connectivity index (χ0v) is 69.7. The van der Waals surface area contributed by atoms with Crippen LogP contribution in [-0.2, 0) is 43.4 Å². The van der Waals surface area contributed by atoms with Crippen LogP contribution in [0.25, 0.3) is 88.6 Å². The highest BCUT2D eigenvalue weighted by Gasteiger charge is 2.38. The predicted molar refractivity (Wildman–Crippen MR) is 444 cm³/mol. The molecule has 14 N–H and O–H groups in total. The number of methoxy groups -OCH3 is 3. The van der Waals surface area contributed by atoms with Gasteiger partial charge >= 0.3 is 43.6 Å². The first kappa shape index (κ1) is 90.7. The molecule has 0 aliphatic rings. The molecule has 0 saturated heterocycles. The van der Waals surface area contributed by atoms with Crippen LogP contribution in [0.1, 0.15) is 122 Å². The molecule has 12 rings (SSSR count). The molecule has 0 aliphatic heterocycles. The van der Waals surface area contributed by atoms with Crippen molar-refractivity contribution in [3.8, 4) is 40.0 Å². The maximum atomic E-state index is 13.6. The molecule has 0 spiro atoms. The second-order valence-electron chi connectivity index (χ2n) is 30.1. The number of carbonyl (C=O) groups is 5. The van der Waals surface area contributed by atoms with E-state index in [-0.39, 0.29) is 11.4 Å². The van der Waals surface area contributed by atoms with Crippen molar-refractivity contribution < 1.29 is 85.5 Å². The van der Waals surface area contributed by atoms with Crippen molar-refractivity contribution in [2.24, 2.45) is 5.73 Å². The fourth-order valence-corrected chi connectivity index (χ4v) is 12.4. The van der Waals surface area contributed by atoms with Gasteiger partial charge in [-0.2, -0.15) is 28.5 Å². The summed E-state index contributed by atoms with van der Waals surface area (Å²) in [4.78, 5) is 87.1. The number of nitrogens with two attached hydrogens (primary N) is 4. The van der Waals surface area contributed by atoms with E-state index in [4.69, 9.17) is 76.2 Å². The second kappa shape index (κ2) is 38.7. The number of hydrogen-bond acceptors (Lipinski definition) is 27. The van der Waals surface area contributed by atoms with Gasteiger partial charge in [-0.3, -0.25) is 0 Å². The van der Waals surface area contributed by atoms with Crippen LogP contribution < -0.4 is 53.4 Å². The van der Waals surface area contributed by atoms with Crippen LogP contribution in [0.2, 0.25) is 0 Å². The number of alkyl carbamates (subject to hydrolysis) is 2. The minimum atomic E-state index is -5.08. The lowest BCUT2D eigenvalue weighted by Crippen LogP contribution is -2.41. The molecule has 0 atom stereocenters. The number of aliphatic carboxylic acids is 1. The van der Waals surface area contributed by atoms with E-state index < -0.39 is 66.0 Å². The molecular weight excluding hydrogens is 1640 g/mol. The van der Waals surface area contributed by atoms with Gasteiger partial charge in [0.15, 0.2) is 16.9 Å². The summed E-state index contributed by atoms with van der Waals surface area (Å²) in [6.45, 7) is 25.2. The first-order valence-corrected chi connectivity index (χ1v) is 37.9. The zero-order valence-electron chi connectivity index (χ0n) is 67.5. The summed E-state index contributed by atoms with van der Waals surface area (Å²) < 4.78 is 78.4. The Morgan fingerprint density at radius 1 is 0.513 bits per heavy atom. The number of aromatic nitrogens is 15. The lowest BCUT2D eigenvalue weighted by atomic mass is 9.86. The third-order valence-electron chi connectivity index (χ3n) is 16.4. The molecule has 9 aromatic heterocycles. The van der Waals surface area contributed by atoms with Gasteiger partial charge in [0.25, 0.3) is 0 Å². The van der Waals surface area contributed by atoms with Crippen LogP contribution in [0.15, 0.2) is 91.8 Å². The van der Waals surface area contributed by atoms with Crippen molar-refractivity contribution in [3.05, 3.63) is 95.5 Å². The predicted octanol–water partition coefficient (Wildman–Crippen LogP) is 11.5. The van der Waals surface area contributed by atoms with E-state index in [0.717, 1.165) is 96.0 Å². The van der Waals surface area contributed by atoms with E-state index >= 15 is 0 Å². The number of nitrogens with one attached hydrogen (secondary N) is 3. The zero-order chi connectivity index (χ0) is 86.2. The Hall–Kier alpha value is -11.9. The van der Waals surface area contributed by atoms with Gasteiger partial charge in [0.05, 0.1) is 60.0 Å². The summed E-state index contributed by atoms with van der Waals surface area (Å²) in [6.07, 6.45) is 2.01. The number of nitrogens with zero attached hydrogens (tertiary/aromatic N) is 14. The van der Waals surface area contributed by atoms with Gasteiger partial charge in [0, 0.05) is 48.9 Å². The molecule has 2 amide bonds. The van der Waals surface area contributed by atoms with Gasteiger partial charge in [-0.05, 0) is 187 Å². The van der Waals surface area contributed by atoms with E-state index in [1.165, 1.54) is 36.7 Å². The van der Waals surface area contributed by atoms with E-state index in [0.29, 0.717) is 108 Å². The number of rotatable bonds is 20. The minimum Gasteiger partial charge on any atom is -0.495 e. The average Bonchev–Trinajstić information content (AvgIpc) is 1.60. The summed E-state index contributed by atoms with van der Waals surface area (Å²) in [6, 6.07) is 22.0. The molecule has 117 heavy (non-hydrogen) atoms. The maximum absolute atomic E-state index is 13.6. The summed E-state index contributed by atoms with van der Waals surface area (Å²) in [5.41, 5.74) is 28.0. The van der Waals surface area contributed by atoms with Gasteiger partial charge in [-0.1, -0.05) is 36.4 Å². The topological polar surface area (TPSA) is 495 Å². The van der Waals surface area contributed by atoms with Gasteiger partial charge in [-0.15, -0.1) is 0 Å². The summed E-state index contributed by atoms with van der Waals surface area (Å²) >= 11 is 2.13. The number of aryl methyl sites for hydroxylation is 3. The number of ether oxygens (including phenoxy) is 7. The highest BCUT2D eigenvalue weighted by atomic mass is 127. The fourth-order valence-electron chi connectivity index (χ4n) is 11.7. The Morgan fingerprint density at radius 3 is 1.35 bits per heavy atom. The summed E-state index contributed by atoms with van der Waals surface area (Å²) in [5, 5.41) is 50.2. The number of alkyl halides is 3. The van der Waals surface area contributed by atoms with Gasteiger partial charge in [0.2, 0.25) is 0 Å². The smallest absolute Gasteiger partial charge is 0.495 e. The van der Waals surface area contributed by atoms with Crippen LogP contribution in [0.4, 0.5) is 49.8 Å². The molecule has 0 saturated carbocycles. The molecule has 0 unspecified atom stereocenters. The first-order chi connectivity index (χ1) is 55.0. The number of carboxylic acids is 1. The van der Waals surface area contributed by atoms with Crippen molar-refractivity contribution in [2.75, 3.05) is 58.2 Å². The Morgan fingerprint density at radius 2 is 0.906 bits per heavy atom. The third kappa shape index (κ3) is 23.9. The van der Waals surface area contributed by atoms with Gasteiger partial charge < -0.3 is 86.9 Å². The lowest BCUT2D eigenvalue weighted by molar-refractivity contribution is -0.192. The van der Waals surface area contributed by atoms with Crippen molar-refractivity contribution in [3.63, 3.8) is 0 Å². The van der Waals surface area contributed by atoms with Crippen molar-refractivity contribution in [1.82, 2.24) is 84.0 Å². The molecule has 0 radical (unpaired) electrons. The second-order valence-corrected chi connectivity index (χ2v) is 31.1. The molecule has 12 aromatic rings. The number of carbonyl (C=O) groups excluding carboxylic acids is 4. The molecule has 0 bridgehead atoms. The lowest BCUT2D eigenvalue weighted by Gasteiger charge is -2.21. The number of aromatic amines is 1. The first-order valence-electron chi connectivity index (χ1n) is 36.8. The van der Waals surface area contributed by atoms with Crippen LogP contribution in [-0.4, -0.2) is 196 Å². The van der Waals surface area contributed by atoms with E-state index in [2.05, 4.69) is 73.2 Å². The number of hydrogen-bond donors (Lipinski definition) is 10. The normalized spacial score (nSPS) is 11.7. The van der Waals surface area contributed by atoms with Crippen molar-refractivity contribution in [1.29, 1.82) is 0 Å². The number of carboxylic acid groups (broad SMARTS) is 1. The Labute approximate surface area is 684 Å². The SMILES string of the molecule is CC(C)(C)OC(=O)NCCCCn1nc(I)c2c(N)ncnc21.COc1cccc2cc(-c3nn(CCCCN)c4ncnc(N)c34)[nH]c12.COc1cccc2cc(-c3nn(CCCCNC(=O)OC(C)(C)C)c4ncnc(N)c34)n(C(=O)OC(C)(C)C)c12.COc1cccc2cc(B(O)O)n(C(=O)OC(C)(C)C)c12.O=C(O)C(F)(F)F. The van der Waals surface area contributed by atoms with Crippen LogP contribution in [0, 0.1) is 3.70 Å². The van der Waals surface area contributed by atoms with Crippen LogP contribution >= 0.6 is 22.6 Å². The summed E-state index contributed by atoms with van der Waals surface area (Å²) in [7, 11) is 2.89. The molecule has 9 heterocycles. The van der Waals surface area contributed by atoms with E-state index in [9.17, 15) is 42.4 Å². The number of unbranched alkanes of at least 4 members (excludes halogenated alkanes) is 3. The Balaban J connectivity index is 0.000000195. The maximum Gasteiger partial charge on any atom is 0.506 e. The number of benzene rings is 3. The number of nitrogen functional groups attached to an aromatic ring is 3. The molecule has 0 aliphatic carbocycles. The molecule has 628 valence electrons. The number of para-hydroxylation sites is 3. The molecular formula is C76H98BF3IN21O15. The number of H-pyrrole nitrogens is 1. The highest BCUT2D eigenvalue weighted by Crippen LogP contribution is 2.39. The highest BCUT2D eigenvalue weighted by molar-refractivity contribution is 14.1. The van der Waals surface area contributed by atoms with E-state index in [1.54, 1.807) is 84.7 Å². The van der Waals surface area contributed by atoms with Crippen LogP contribution in [0.3, 0.4) is 0 Å². The third-order valence-corrected chi connectivity index (χ3v) is 17.2. The molecule has 36 nitrogen and oxygen atoms in total. The molecule has 41 heteroatoms. The quantitative estimate of drug-likeness (QED) is 0.0147. The van der Waals surface area contributed by atoms with Gasteiger partial charge in [-0.25, -0.2) is 77.1 Å².